The fourth-order valence-corrected chi connectivity index (χ4v) is 2.11. The lowest BCUT2D eigenvalue weighted by atomic mass is 9.98. The zero-order chi connectivity index (χ0) is 14.3. The second-order valence-electron chi connectivity index (χ2n) is 5.85. The van der Waals surface area contributed by atoms with Crippen molar-refractivity contribution in [3.63, 3.8) is 0 Å². The molecule has 2 unspecified atom stereocenters. The minimum absolute atomic E-state index is 0.428. The van der Waals surface area contributed by atoms with Gasteiger partial charge in [0.05, 0.1) is 11.7 Å². The van der Waals surface area contributed by atoms with E-state index in [0.717, 1.165) is 26.1 Å². The van der Waals surface area contributed by atoms with E-state index >= 15 is 0 Å². The van der Waals surface area contributed by atoms with Gasteiger partial charge in [0.1, 0.15) is 0 Å². The van der Waals surface area contributed by atoms with Gasteiger partial charge >= 0.3 is 0 Å². The Hall–Kier alpha value is -0.160. The molecule has 0 aliphatic carbocycles. The molecule has 0 fully saturated rings. The summed E-state index contributed by atoms with van der Waals surface area (Å²) in [6.45, 7) is 11.2. The minimum Gasteiger partial charge on any atom is -0.390 e. The predicted octanol–water partition coefficient (Wildman–Crippen LogP) is 1.43. The van der Waals surface area contributed by atoms with E-state index in [0.29, 0.717) is 6.04 Å². The average molecular weight is 260 g/mol. The number of hydrogen-bond acceptors (Lipinski definition) is 4. The third-order valence-corrected chi connectivity index (χ3v) is 3.68. The summed E-state index contributed by atoms with van der Waals surface area (Å²) < 4.78 is 5.31. The monoisotopic (exact) mass is 260 g/mol. The fourth-order valence-electron chi connectivity index (χ4n) is 2.11. The van der Waals surface area contributed by atoms with Crippen molar-refractivity contribution in [3.8, 4) is 0 Å². The summed E-state index contributed by atoms with van der Waals surface area (Å²) in [6, 6.07) is 0.503. The molecule has 0 aromatic rings. The van der Waals surface area contributed by atoms with Crippen molar-refractivity contribution in [3.05, 3.63) is 0 Å². The Bertz CT molecular complexity index is 220. The van der Waals surface area contributed by atoms with E-state index < -0.39 is 11.7 Å². The van der Waals surface area contributed by atoms with Crippen LogP contribution in [0.2, 0.25) is 0 Å². The van der Waals surface area contributed by atoms with Gasteiger partial charge in [0.2, 0.25) is 0 Å². The van der Waals surface area contributed by atoms with E-state index in [9.17, 15) is 5.11 Å². The maximum Gasteiger partial charge on any atom is 0.0880 e. The SMILES string of the molecule is CCN(CCC(O)C(C)(C)OC)C(C)CN(C)C. The Morgan fingerprint density at radius 3 is 2.22 bits per heavy atom. The molecule has 0 radical (unpaired) electrons. The molecule has 0 saturated carbocycles. The molecule has 0 rings (SSSR count). The van der Waals surface area contributed by atoms with Crippen LogP contribution in [-0.4, -0.2) is 73.5 Å². The standard InChI is InChI=1S/C14H32N2O2/c1-8-16(12(2)11-15(5)6)10-9-13(17)14(3,4)18-7/h12-13,17H,8-11H2,1-7H3. The molecule has 0 aliphatic heterocycles. The number of ether oxygens (including phenoxy) is 1. The molecule has 1 N–H and O–H groups in total. The van der Waals surface area contributed by atoms with Gasteiger partial charge in [-0.25, -0.2) is 0 Å². The van der Waals surface area contributed by atoms with Crippen LogP contribution in [0.15, 0.2) is 0 Å². The highest BCUT2D eigenvalue weighted by Gasteiger charge is 2.27. The molecule has 0 saturated heterocycles. The van der Waals surface area contributed by atoms with Crippen LogP contribution in [0.4, 0.5) is 0 Å². The van der Waals surface area contributed by atoms with Crippen LogP contribution in [0, 0.1) is 0 Å². The van der Waals surface area contributed by atoms with Gasteiger partial charge in [-0.2, -0.15) is 0 Å². The lowest BCUT2D eigenvalue weighted by molar-refractivity contribution is -0.0831. The quantitative estimate of drug-likeness (QED) is 0.680. The summed E-state index contributed by atoms with van der Waals surface area (Å²) in [7, 11) is 5.83. The molecule has 0 aromatic carbocycles. The molecule has 4 heteroatoms. The van der Waals surface area contributed by atoms with Crippen molar-refractivity contribution in [2.24, 2.45) is 0 Å². The average Bonchev–Trinajstić information content (AvgIpc) is 2.28. The van der Waals surface area contributed by atoms with Crippen LogP contribution < -0.4 is 0 Å². The van der Waals surface area contributed by atoms with Crippen LogP contribution in [0.25, 0.3) is 0 Å². The zero-order valence-electron chi connectivity index (χ0n) is 13.2. The molecule has 18 heavy (non-hydrogen) atoms. The molecule has 0 aromatic heterocycles. The molecule has 0 spiro atoms. The normalized spacial score (nSPS) is 16.3. The number of hydrogen-bond donors (Lipinski definition) is 1. The van der Waals surface area contributed by atoms with Gasteiger partial charge < -0.3 is 14.7 Å². The van der Waals surface area contributed by atoms with Crippen LogP contribution in [0.1, 0.15) is 34.1 Å². The van der Waals surface area contributed by atoms with Crippen molar-refractivity contribution in [2.75, 3.05) is 40.8 Å². The Kier molecular flexibility index (Phi) is 8.03. The van der Waals surface area contributed by atoms with Gasteiger partial charge in [0, 0.05) is 26.2 Å². The second kappa shape index (κ2) is 8.10. The first-order valence-electron chi connectivity index (χ1n) is 6.86. The fraction of sp³-hybridized carbons (Fsp3) is 1.00. The number of methoxy groups -OCH3 is 1. The zero-order valence-corrected chi connectivity index (χ0v) is 13.2. The van der Waals surface area contributed by atoms with Gasteiger partial charge in [-0.3, -0.25) is 4.90 Å². The molecule has 0 bridgehead atoms. The molecule has 2 atom stereocenters. The number of aliphatic hydroxyl groups is 1. The van der Waals surface area contributed by atoms with E-state index in [1.165, 1.54) is 0 Å². The lowest BCUT2D eigenvalue weighted by Crippen LogP contribution is -2.44. The third kappa shape index (κ3) is 6.14. The van der Waals surface area contributed by atoms with Crippen molar-refractivity contribution < 1.29 is 9.84 Å². The summed E-state index contributed by atoms with van der Waals surface area (Å²) >= 11 is 0. The van der Waals surface area contributed by atoms with Gasteiger partial charge in [0.25, 0.3) is 0 Å². The highest BCUT2D eigenvalue weighted by atomic mass is 16.5. The van der Waals surface area contributed by atoms with Crippen molar-refractivity contribution in [1.29, 1.82) is 0 Å². The summed E-state index contributed by atoms with van der Waals surface area (Å²) in [6.07, 6.45) is 0.315. The van der Waals surface area contributed by atoms with Gasteiger partial charge in [-0.15, -0.1) is 0 Å². The lowest BCUT2D eigenvalue weighted by Gasteiger charge is -2.34. The maximum absolute atomic E-state index is 10.1. The van der Waals surface area contributed by atoms with Crippen molar-refractivity contribution in [2.45, 2.75) is 51.9 Å². The highest BCUT2D eigenvalue weighted by molar-refractivity contribution is 4.80. The van der Waals surface area contributed by atoms with E-state index in [1.807, 2.05) is 13.8 Å². The molecule has 4 nitrogen and oxygen atoms in total. The summed E-state index contributed by atoms with van der Waals surface area (Å²) in [5.74, 6) is 0. The van der Waals surface area contributed by atoms with Gasteiger partial charge in [-0.05, 0) is 47.8 Å². The highest BCUT2D eigenvalue weighted by Crippen LogP contribution is 2.17. The molecular formula is C14H32N2O2. The summed E-state index contributed by atoms with van der Waals surface area (Å²) in [4.78, 5) is 4.60. The van der Waals surface area contributed by atoms with E-state index in [4.69, 9.17) is 4.74 Å². The van der Waals surface area contributed by atoms with Crippen LogP contribution in [0.5, 0.6) is 0 Å². The number of aliphatic hydroxyl groups excluding tert-OH is 1. The predicted molar refractivity (Wildman–Crippen MR) is 77.0 cm³/mol. The molecule has 0 heterocycles. The number of rotatable bonds is 9. The van der Waals surface area contributed by atoms with E-state index in [1.54, 1.807) is 7.11 Å². The summed E-state index contributed by atoms with van der Waals surface area (Å²) in [5, 5.41) is 10.1. The van der Waals surface area contributed by atoms with E-state index in [-0.39, 0.29) is 0 Å². The Morgan fingerprint density at radius 1 is 1.28 bits per heavy atom. The van der Waals surface area contributed by atoms with Crippen molar-refractivity contribution in [1.82, 2.24) is 9.80 Å². The maximum atomic E-state index is 10.1. The molecule has 0 aliphatic rings. The topological polar surface area (TPSA) is 35.9 Å². The van der Waals surface area contributed by atoms with E-state index in [2.05, 4.69) is 37.7 Å². The summed E-state index contributed by atoms with van der Waals surface area (Å²) in [5.41, 5.74) is -0.468. The second-order valence-corrected chi connectivity index (χ2v) is 5.85. The minimum atomic E-state index is -0.468. The first-order valence-corrected chi connectivity index (χ1v) is 6.86. The Balaban J connectivity index is 4.22. The van der Waals surface area contributed by atoms with Crippen molar-refractivity contribution >= 4 is 0 Å². The Labute approximate surface area is 113 Å². The van der Waals surface area contributed by atoms with Crippen LogP contribution >= 0.6 is 0 Å². The van der Waals surface area contributed by atoms with Crippen LogP contribution in [-0.2, 0) is 4.74 Å². The molecule has 110 valence electrons. The van der Waals surface area contributed by atoms with Gasteiger partial charge in [0.15, 0.2) is 0 Å². The van der Waals surface area contributed by atoms with Crippen LogP contribution in [0.3, 0.4) is 0 Å². The Morgan fingerprint density at radius 2 is 1.83 bits per heavy atom. The number of likely N-dealkylation sites (N-methyl/N-ethyl adjacent to an activating group) is 2. The third-order valence-electron chi connectivity index (χ3n) is 3.68. The first kappa shape index (κ1) is 17.8. The smallest absolute Gasteiger partial charge is 0.0880 e. The molecule has 0 amide bonds. The number of nitrogens with zero attached hydrogens (tertiary/aromatic N) is 2. The first-order chi connectivity index (χ1) is 8.24. The van der Waals surface area contributed by atoms with Gasteiger partial charge in [-0.1, -0.05) is 6.92 Å². The molecular weight excluding hydrogens is 228 g/mol. The largest absolute Gasteiger partial charge is 0.390 e.